The zero-order valence-corrected chi connectivity index (χ0v) is 9.65. The molecule has 17 heavy (non-hydrogen) atoms. The normalized spacial score (nSPS) is 9.65. The molecule has 1 aromatic carbocycles. The number of halogens is 1. The fraction of sp³-hybridized carbons (Fsp3) is 0.0833. The van der Waals surface area contributed by atoms with E-state index in [1.165, 1.54) is 0 Å². The third-order valence-corrected chi connectivity index (χ3v) is 2.32. The number of benzene rings is 1. The van der Waals surface area contributed by atoms with Gasteiger partial charge in [-0.3, -0.25) is 0 Å². The van der Waals surface area contributed by atoms with Gasteiger partial charge in [-0.05, 0) is 35.4 Å². The Labute approximate surface area is 104 Å². The van der Waals surface area contributed by atoms with Gasteiger partial charge in [-0.1, -0.05) is 12.1 Å². The number of nitrogens with zero attached hydrogens (tertiary/aromatic N) is 3. The first-order valence-corrected chi connectivity index (χ1v) is 5.37. The summed E-state index contributed by atoms with van der Waals surface area (Å²) < 4.78 is 0. The van der Waals surface area contributed by atoms with Gasteiger partial charge in [0.15, 0.2) is 0 Å². The van der Waals surface area contributed by atoms with Gasteiger partial charge in [-0.15, -0.1) is 0 Å². The average Bonchev–Trinajstić information content (AvgIpc) is 2.32. The Hall–Kier alpha value is -2.12. The molecule has 0 fully saturated rings. The smallest absolute Gasteiger partial charge is 0.224 e. The van der Waals surface area contributed by atoms with Gasteiger partial charge in [0.2, 0.25) is 5.28 Å². The van der Waals surface area contributed by atoms with E-state index in [1.807, 2.05) is 24.3 Å². The third kappa shape index (κ3) is 3.16. The van der Waals surface area contributed by atoms with Crippen molar-refractivity contribution in [3.8, 4) is 6.07 Å². The van der Waals surface area contributed by atoms with Gasteiger partial charge in [0, 0.05) is 11.9 Å². The molecular formula is C12H9ClN4. The molecule has 0 bridgehead atoms. The summed E-state index contributed by atoms with van der Waals surface area (Å²) in [7, 11) is 0. The Morgan fingerprint density at radius 2 is 2.00 bits per heavy atom. The number of hydrogen-bond donors (Lipinski definition) is 1. The van der Waals surface area contributed by atoms with E-state index in [-0.39, 0.29) is 5.28 Å². The van der Waals surface area contributed by atoms with Crippen LogP contribution in [-0.2, 0) is 6.42 Å². The van der Waals surface area contributed by atoms with Crippen molar-refractivity contribution < 1.29 is 0 Å². The molecule has 84 valence electrons. The summed E-state index contributed by atoms with van der Waals surface area (Å²) in [6, 6.07) is 11.4. The highest BCUT2D eigenvalue weighted by Crippen LogP contribution is 2.16. The van der Waals surface area contributed by atoms with Crippen molar-refractivity contribution in [3.63, 3.8) is 0 Å². The molecule has 5 heteroatoms. The fourth-order valence-corrected chi connectivity index (χ4v) is 1.50. The van der Waals surface area contributed by atoms with Crippen LogP contribution in [0.2, 0.25) is 5.28 Å². The third-order valence-electron chi connectivity index (χ3n) is 2.14. The second-order valence-electron chi connectivity index (χ2n) is 3.37. The molecule has 0 saturated carbocycles. The highest BCUT2D eigenvalue weighted by atomic mass is 35.5. The number of anilines is 2. The van der Waals surface area contributed by atoms with Crippen LogP contribution in [0, 0.1) is 11.3 Å². The van der Waals surface area contributed by atoms with Crippen LogP contribution in [0.15, 0.2) is 36.5 Å². The van der Waals surface area contributed by atoms with Crippen LogP contribution in [0.4, 0.5) is 11.5 Å². The van der Waals surface area contributed by atoms with Crippen LogP contribution in [-0.4, -0.2) is 9.97 Å². The number of hydrogen-bond acceptors (Lipinski definition) is 4. The summed E-state index contributed by atoms with van der Waals surface area (Å²) in [5, 5.41) is 11.9. The molecular weight excluding hydrogens is 236 g/mol. The van der Waals surface area contributed by atoms with Crippen molar-refractivity contribution >= 4 is 23.1 Å². The van der Waals surface area contributed by atoms with Gasteiger partial charge >= 0.3 is 0 Å². The van der Waals surface area contributed by atoms with Crippen LogP contribution < -0.4 is 5.32 Å². The van der Waals surface area contributed by atoms with Crippen molar-refractivity contribution in [2.45, 2.75) is 6.42 Å². The van der Waals surface area contributed by atoms with E-state index >= 15 is 0 Å². The Bertz CT molecular complexity index is 545. The molecule has 0 radical (unpaired) electrons. The molecule has 0 aliphatic heterocycles. The van der Waals surface area contributed by atoms with Gasteiger partial charge < -0.3 is 5.32 Å². The molecule has 4 nitrogen and oxygen atoms in total. The Morgan fingerprint density at radius 3 is 2.65 bits per heavy atom. The van der Waals surface area contributed by atoms with Crippen molar-refractivity contribution in [1.29, 1.82) is 5.26 Å². The summed E-state index contributed by atoms with van der Waals surface area (Å²) >= 11 is 5.68. The monoisotopic (exact) mass is 244 g/mol. The maximum atomic E-state index is 8.56. The summed E-state index contributed by atoms with van der Waals surface area (Å²) in [5.41, 5.74) is 1.88. The van der Waals surface area contributed by atoms with Crippen molar-refractivity contribution in [1.82, 2.24) is 9.97 Å². The molecule has 0 atom stereocenters. The van der Waals surface area contributed by atoms with Crippen molar-refractivity contribution in [3.05, 3.63) is 47.4 Å². The molecule has 1 heterocycles. The minimum Gasteiger partial charge on any atom is -0.340 e. The standard InChI is InChI=1S/C12H9ClN4/c13-12-15-8-6-11(17-12)16-10-3-1-9(2-4-10)5-7-14/h1-4,6,8H,5H2,(H,15,16,17). The summed E-state index contributed by atoms with van der Waals surface area (Å²) in [6.45, 7) is 0. The quantitative estimate of drug-likeness (QED) is 0.844. The molecule has 1 N–H and O–H groups in total. The summed E-state index contributed by atoms with van der Waals surface area (Å²) in [5.74, 6) is 0.637. The van der Waals surface area contributed by atoms with Gasteiger partial charge in [-0.2, -0.15) is 5.26 Å². The van der Waals surface area contributed by atoms with Gasteiger partial charge in [-0.25, -0.2) is 9.97 Å². The molecule has 0 aliphatic rings. The van der Waals surface area contributed by atoms with E-state index in [0.29, 0.717) is 12.2 Å². The highest BCUT2D eigenvalue weighted by molar-refractivity contribution is 6.28. The van der Waals surface area contributed by atoms with Crippen LogP contribution in [0.1, 0.15) is 5.56 Å². The number of nitriles is 1. The minimum absolute atomic E-state index is 0.205. The minimum atomic E-state index is 0.205. The zero-order valence-electron chi connectivity index (χ0n) is 8.89. The zero-order chi connectivity index (χ0) is 12.1. The van der Waals surface area contributed by atoms with Gasteiger partial charge in [0.05, 0.1) is 12.5 Å². The van der Waals surface area contributed by atoms with Crippen LogP contribution in [0.5, 0.6) is 0 Å². The maximum absolute atomic E-state index is 8.56. The molecule has 2 rings (SSSR count). The predicted molar refractivity (Wildman–Crippen MR) is 66.1 cm³/mol. The second kappa shape index (κ2) is 5.28. The summed E-state index contributed by atoms with van der Waals surface area (Å²) in [4.78, 5) is 7.82. The maximum Gasteiger partial charge on any atom is 0.224 e. The lowest BCUT2D eigenvalue weighted by atomic mass is 10.1. The number of nitrogens with one attached hydrogen (secondary N) is 1. The van der Waals surface area contributed by atoms with Crippen LogP contribution >= 0.6 is 11.6 Å². The lowest BCUT2D eigenvalue weighted by Gasteiger charge is -2.05. The Balaban J connectivity index is 2.11. The first kappa shape index (κ1) is 11.4. The first-order valence-electron chi connectivity index (χ1n) is 4.99. The van der Waals surface area contributed by atoms with E-state index < -0.39 is 0 Å². The second-order valence-corrected chi connectivity index (χ2v) is 3.71. The SMILES string of the molecule is N#CCc1ccc(Nc2ccnc(Cl)n2)cc1. The fourth-order valence-electron chi connectivity index (χ4n) is 1.35. The molecule has 0 aliphatic carbocycles. The largest absolute Gasteiger partial charge is 0.340 e. The lowest BCUT2D eigenvalue weighted by molar-refractivity contribution is 1.17. The Morgan fingerprint density at radius 1 is 1.24 bits per heavy atom. The molecule has 0 spiro atoms. The van der Waals surface area contributed by atoms with Crippen LogP contribution in [0.3, 0.4) is 0 Å². The molecule has 0 amide bonds. The molecule has 0 unspecified atom stereocenters. The number of aromatic nitrogens is 2. The molecule has 0 saturated heterocycles. The van der Waals surface area contributed by atoms with Crippen molar-refractivity contribution in [2.24, 2.45) is 0 Å². The van der Waals surface area contributed by atoms with Crippen molar-refractivity contribution in [2.75, 3.05) is 5.32 Å². The van der Waals surface area contributed by atoms with E-state index in [1.54, 1.807) is 12.3 Å². The van der Waals surface area contributed by atoms with Gasteiger partial charge in [0.25, 0.3) is 0 Å². The highest BCUT2D eigenvalue weighted by Gasteiger charge is 1.98. The number of rotatable bonds is 3. The Kier molecular flexibility index (Phi) is 3.53. The van der Waals surface area contributed by atoms with Gasteiger partial charge in [0.1, 0.15) is 5.82 Å². The first-order chi connectivity index (χ1) is 8.28. The average molecular weight is 245 g/mol. The topological polar surface area (TPSA) is 61.6 Å². The van der Waals surface area contributed by atoms with E-state index in [0.717, 1.165) is 11.3 Å². The van der Waals surface area contributed by atoms with Crippen LogP contribution in [0.25, 0.3) is 0 Å². The predicted octanol–water partition coefficient (Wildman–Crippen LogP) is 2.94. The van der Waals surface area contributed by atoms with E-state index in [2.05, 4.69) is 21.4 Å². The molecule has 1 aromatic heterocycles. The van der Waals surface area contributed by atoms with E-state index in [9.17, 15) is 0 Å². The molecule has 2 aromatic rings. The summed E-state index contributed by atoms with van der Waals surface area (Å²) in [6.07, 6.45) is 2.00. The lowest BCUT2D eigenvalue weighted by Crippen LogP contribution is -1.94. The van der Waals surface area contributed by atoms with E-state index in [4.69, 9.17) is 16.9 Å².